The van der Waals surface area contributed by atoms with Gasteiger partial charge in [0.25, 0.3) is 0 Å². The van der Waals surface area contributed by atoms with E-state index in [1.54, 1.807) is 12.1 Å². The monoisotopic (exact) mass is 322 g/mol. The maximum absolute atomic E-state index is 5.96. The summed E-state index contributed by atoms with van der Waals surface area (Å²) < 4.78 is 21.0. The van der Waals surface area contributed by atoms with E-state index in [0.29, 0.717) is 21.8 Å². The molecule has 1 aromatic heterocycles. The Hall–Kier alpha value is -0.720. The first-order valence-corrected chi connectivity index (χ1v) is 8.33. The van der Waals surface area contributed by atoms with Crippen molar-refractivity contribution in [2.75, 3.05) is 7.11 Å². The number of rotatable bonds is 5. The molecular formula is C10H12ClN2O4PS. The standard InChI is InChI=1S/C10H12ClN2O4PS/c1-6(2)15-18(19,14-3)16-8-5-4-7(11)9-10(8)13-17-12-9/h4-6H,1-3H3. The summed E-state index contributed by atoms with van der Waals surface area (Å²) in [6.07, 6.45) is -0.121. The molecule has 0 fully saturated rings. The minimum atomic E-state index is -2.89. The molecule has 0 radical (unpaired) electrons. The minimum Gasteiger partial charge on any atom is -0.422 e. The second kappa shape index (κ2) is 5.73. The molecule has 0 spiro atoms. The average Bonchev–Trinajstić information content (AvgIpc) is 2.82. The molecule has 0 saturated carbocycles. The number of nitrogens with zero attached hydrogens (tertiary/aromatic N) is 2. The van der Waals surface area contributed by atoms with Crippen LogP contribution >= 0.6 is 18.3 Å². The summed E-state index contributed by atoms with van der Waals surface area (Å²) in [6, 6.07) is 3.24. The van der Waals surface area contributed by atoms with Gasteiger partial charge in [-0.05, 0) is 36.3 Å². The first-order valence-electron chi connectivity index (χ1n) is 5.40. The van der Waals surface area contributed by atoms with Crippen LogP contribution < -0.4 is 4.52 Å². The topological polar surface area (TPSA) is 66.6 Å². The van der Waals surface area contributed by atoms with Gasteiger partial charge in [0, 0.05) is 18.9 Å². The molecule has 0 amide bonds. The van der Waals surface area contributed by atoms with E-state index in [-0.39, 0.29) is 6.10 Å². The number of fused-ring (bicyclic) bond motifs is 1. The lowest BCUT2D eigenvalue weighted by Gasteiger charge is -2.22. The van der Waals surface area contributed by atoms with Crippen LogP contribution in [0.15, 0.2) is 16.8 Å². The second-order valence-corrected chi connectivity index (χ2v) is 7.28. The molecule has 2 aromatic rings. The third-order valence-corrected chi connectivity index (χ3v) is 4.88. The van der Waals surface area contributed by atoms with E-state index in [1.807, 2.05) is 13.8 Å². The minimum absolute atomic E-state index is 0.121. The Morgan fingerprint density at radius 2 is 2.00 bits per heavy atom. The van der Waals surface area contributed by atoms with Crippen molar-refractivity contribution in [3.05, 3.63) is 17.2 Å². The summed E-state index contributed by atoms with van der Waals surface area (Å²) in [5.41, 5.74) is 0.785. The van der Waals surface area contributed by atoms with Crippen LogP contribution in [0.5, 0.6) is 5.75 Å². The summed E-state index contributed by atoms with van der Waals surface area (Å²) >= 11 is 11.2. The van der Waals surface area contributed by atoms with Gasteiger partial charge in [0.15, 0.2) is 16.8 Å². The van der Waals surface area contributed by atoms with Crippen molar-refractivity contribution in [3.8, 4) is 5.75 Å². The van der Waals surface area contributed by atoms with Crippen LogP contribution in [0.1, 0.15) is 13.8 Å². The lowest BCUT2D eigenvalue weighted by Crippen LogP contribution is -2.06. The van der Waals surface area contributed by atoms with Crippen LogP contribution in [0.3, 0.4) is 0 Å². The lowest BCUT2D eigenvalue weighted by molar-refractivity contribution is 0.186. The summed E-state index contributed by atoms with van der Waals surface area (Å²) in [5.74, 6) is 0.367. The zero-order chi connectivity index (χ0) is 14.0. The molecule has 0 aliphatic heterocycles. The van der Waals surface area contributed by atoms with Crippen molar-refractivity contribution in [2.45, 2.75) is 20.0 Å². The first kappa shape index (κ1) is 14.7. The van der Waals surface area contributed by atoms with E-state index in [0.717, 1.165) is 0 Å². The second-order valence-electron chi connectivity index (χ2n) is 3.88. The fourth-order valence-electron chi connectivity index (χ4n) is 1.37. The normalized spacial score (nSPS) is 14.8. The highest BCUT2D eigenvalue weighted by molar-refractivity contribution is 8.07. The fourth-order valence-corrected chi connectivity index (χ4v) is 3.42. The zero-order valence-electron chi connectivity index (χ0n) is 10.5. The van der Waals surface area contributed by atoms with Gasteiger partial charge in [-0.2, -0.15) is 0 Å². The van der Waals surface area contributed by atoms with Crippen molar-refractivity contribution in [2.24, 2.45) is 0 Å². The van der Waals surface area contributed by atoms with E-state index < -0.39 is 6.72 Å². The molecule has 2 rings (SSSR count). The Labute approximate surface area is 120 Å². The molecular weight excluding hydrogens is 311 g/mol. The third-order valence-electron chi connectivity index (χ3n) is 2.10. The van der Waals surface area contributed by atoms with Gasteiger partial charge >= 0.3 is 6.72 Å². The molecule has 0 N–H and O–H groups in total. The summed E-state index contributed by atoms with van der Waals surface area (Å²) in [7, 11) is 1.44. The Balaban J connectivity index is 2.37. The fraction of sp³-hybridized carbons (Fsp3) is 0.400. The Kier molecular flexibility index (Phi) is 4.43. The van der Waals surface area contributed by atoms with Crippen LogP contribution in [0.25, 0.3) is 11.0 Å². The molecule has 0 bridgehead atoms. The number of hydrogen-bond acceptors (Lipinski definition) is 7. The number of hydrogen-bond donors (Lipinski definition) is 0. The molecule has 1 atom stereocenters. The number of halogens is 1. The van der Waals surface area contributed by atoms with Gasteiger partial charge in [-0.3, -0.25) is 4.52 Å². The number of aromatic nitrogens is 2. The van der Waals surface area contributed by atoms with Gasteiger partial charge in [0.1, 0.15) is 0 Å². The molecule has 0 aliphatic rings. The van der Waals surface area contributed by atoms with Gasteiger partial charge < -0.3 is 9.05 Å². The Morgan fingerprint density at radius 3 is 2.63 bits per heavy atom. The maximum atomic E-state index is 5.96. The molecule has 0 aliphatic carbocycles. The smallest absolute Gasteiger partial charge is 0.380 e. The predicted octanol–water partition coefficient (Wildman–Crippen LogP) is 3.55. The highest BCUT2D eigenvalue weighted by Gasteiger charge is 2.25. The van der Waals surface area contributed by atoms with Crippen LogP contribution in [0.2, 0.25) is 5.02 Å². The van der Waals surface area contributed by atoms with Gasteiger partial charge in [0.2, 0.25) is 0 Å². The van der Waals surface area contributed by atoms with Crippen LogP contribution in [-0.2, 0) is 20.9 Å². The van der Waals surface area contributed by atoms with Gasteiger partial charge in [0.05, 0.1) is 11.1 Å². The van der Waals surface area contributed by atoms with Gasteiger partial charge in [-0.25, -0.2) is 4.63 Å². The molecule has 6 nitrogen and oxygen atoms in total. The average molecular weight is 323 g/mol. The third kappa shape index (κ3) is 3.24. The Bertz CT molecular complexity index is 633. The van der Waals surface area contributed by atoms with E-state index >= 15 is 0 Å². The van der Waals surface area contributed by atoms with Crippen LogP contribution in [-0.4, -0.2) is 23.5 Å². The first-order chi connectivity index (χ1) is 8.95. The lowest BCUT2D eigenvalue weighted by atomic mass is 10.3. The molecule has 1 unspecified atom stereocenters. The summed E-state index contributed by atoms with van der Waals surface area (Å²) in [6.45, 7) is 0.799. The molecule has 1 heterocycles. The van der Waals surface area contributed by atoms with Crippen molar-refractivity contribution >= 4 is 41.2 Å². The molecule has 0 saturated heterocycles. The van der Waals surface area contributed by atoms with E-state index in [2.05, 4.69) is 14.9 Å². The summed E-state index contributed by atoms with van der Waals surface area (Å²) in [5, 5.41) is 7.85. The molecule has 9 heteroatoms. The Morgan fingerprint density at radius 1 is 1.32 bits per heavy atom. The van der Waals surface area contributed by atoms with Crippen molar-refractivity contribution in [1.29, 1.82) is 0 Å². The van der Waals surface area contributed by atoms with Crippen molar-refractivity contribution in [3.63, 3.8) is 0 Å². The SMILES string of the molecule is COP(=S)(Oc1ccc(Cl)c2nonc12)OC(C)C. The summed E-state index contributed by atoms with van der Waals surface area (Å²) in [4.78, 5) is 0. The number of benzene rings is 1. The van der Waals surface area contributed by atoms with E-state index in [1.165, 1.54) is 7.11 Å². The van der Waals surface area contributed by atoms with Gasteiger partial charge in [-0.15, -0.1) is 0 Å². The largest absolute Gasteiger partial charge is 0.422 e. The highest BCUT2D eigenvalue weighted by atomic mass is 35.5. The van der Waals surface area contributed by atoms with Crippen molar-refractivity contribution < 1.29 is 18.2 Å². The van der Waals surface area contributed by atoms with Gasteiger partial charge in [-0.1, -0.05) is 11.6 Å². The van der Waals surface area contributed by atoms with Crippen LogP contribution in [0, 0.1) is 0 Å². The van der Waals surface area contributed by atoms with Crippen LogP contribution in [0.4, 0.5) is 0 Å². The van der Waals surface area contributed by atoms with Crippen molar-refractivity contribution in [1.82, 2.24) is 10.3 Å². The molecule has 19 heavy (non-hydrogen) atoms. The maximum Gasteiger partial charge on any atom is 0.380 e. The zero-order valence-corrected chi connectivity index (χ0v) is 13.0. The highest BCUT2D eigenvalue weighted by Crippen LogP contribution is 2.51. The molecule has 1 aromatic carbocycles. The van der Waals surface area contributed by atoms with E-state index in [9.17, 15) is 0 Å². The molecule has 104 valence electrons. The predicted molar refractivity (Wildman–Crippen MR) is 75.0 cm³/mol. The van der Waals surface area contributed by atoms with E-state index in [4.69, 9.17) is 37.0 Å². The quantitative estimate of drug-likeness (QED) is 0.780.